The Morgan fingerprint density at radius 2 is 2.15 bits per heavy atom. The van der Waals surface area contributed by atoms with Crippen LogP contribution < -0.4 is 15.8 Å². The predicted molar refractivity (Wildman–Crippen MR) is 105 cm³/mol. The van der Waals surface area contributed by atoms with Crippen molar-refractivity contribution in [3.8, 4) is 5.75 Å². The lowest BCUT2D eigenvalue weighted by atomic mass is 9.90. The van der Waals surface area contributed by atoms with Gasteiger partial charge in [0, 0.05) is 25.3 Å². The Morgan fingerprint density at radius 1 is 1.42 bits per heavy atom. The summed E-state index contributed by atoms with van der Waals surface area (Å²) in [6.07, 6.45) is 0.997. The van der Waals surface area contributed by atoms with Crippen molar-refractivity contribution in [3.05, 3.63) is 24.3 Å². The zero-order valence-electron chi connectivity index (χ0n) is 15.7. The Bertz CT molecular complexity index is 628. The summed E-state index contributed by atoms with van der Waals surface area (Å²) < 4.78 is 5.13. The zero-order chi connectivity index (χ0) is 18.4. The number of nitrogens with zero attached hydrogens (tertiary/aromatic N) is 2. The van der Waals surface area contributed by atoms with Crippen LogP contribution >= 0.6 is 12.4 Å². The molecule has 0 radical (unpaired) electrons. The Labute approximate surface area is 161 Å². The largest absolute Gasteiger partial charge is 0.497 e. The SMILES string of the molecule is COc1cccc(NC(=O)CN(C)C(=O)CN2CCC(C)(CN)C2)c1.Cl. The number of ether oxygens (including phenoxy) is 1. The molecule has 8 heteroatoms. The van der Waals surface area contributed by atoms with Crippen LogP contribution in [0.1, 0.15) is 13.3 Å². The molecule has 1 heterocycles. The van der Waals surface area contributed by atoms with E-state index in [1.165, 1.54) is 4.90 Å². The Hall–Kier alpha value is -1.83. The van der Waals surface area contributed by atoms with E-state index in [0.717, 1.165) is 19.5 Å². The zero-order valence-corrected chi connectivity index (χ0v) is 16.5. The molecule has 3 N–H and O–H groups in total. The number of carbonyl (C=O) groups excluding carboxylic acids is 2. The van der Waals surface area contributed by atoms with E-state index in [4.69, 9.17) is 10.5 Å². The van der Waals surface area contributed by atoms with Gasteiger partial charge in [-0.05, 0) is 37.1 Å². The van der Waals surface area contributed by atoms with Crippen molar-refractivity contribution in [1.82, 2.24) is 9.80 Å². The number of carbonyl (C=O) groups is 2. The number of benzene rings is 1. The van der Waals surface area contributed by atoms with Gasteiger partial charge in [-0.15, -0.1) is 12.4 Å². The van der Waals surface area contributed by atoms with Crippen LogP contribution in [0.2, 0.25) is 0 Å². The van der Waals surface area contributed by atoms with Crippen LogP contribution in [0.15, 0.2) is 24.3 Å². The van der Waals surface area contributed by atoms with Crippen LogP contribution in [0.25, 0.3) is 0 Å². The number of likely N-dealkylation sites (tertiary alicyclic amines) is 1. The van der Waals surface area contributed by atoms with Crippen molar-refractivity contribution < 1.29 is 14.3 Å². The highest BCUT2D eigenvalue weighted by Gasteiger charge is 2.33. The highest BCUT2D eigenvalue weighted by Crippen LogP contribution is 2.28. The molecule has 2 amide bonds. The average Bonchev–Trinajstić information content (AvgIpc) is 2.96. The number of likely N-dealkylation sites (N-methyl/N-ethyl adjacent to an activating group) is 1. The fourth-order valence-electron chi connectivity index (χ4n) is 2.94. The lowest BCUT2D eigenvalue weighted by molar-refractivity contribution is -0.134. The molecule has 0 saturated carbocycles. The average molecular weight is 385 g/mol. The molecule has 0 bridgehead atoms. The molecular formula is C18H29ClN4O3. The van der Waals surface area contributed by atoms with E-state index in [1.54, 1.807) is 38.4 Å². The first-order valence-corrected chi connectivity index (χ1v) is 8.45. The first-order valence-electron chi connectivity index (χ1n) is 8.45. The van der Waals surface area contributed by atoms with Crippen molar-refractivity contribution in [3.63, 3.8) is 0 Å². The maximum Gasteiger partial charge on any atom is 0.243 e. The molecule has 0 aliphatic carbocycles. The van der Waals surface area contributed by atoms with Crippen LogP contribution in [0.5, 0.6) is 5.75 Å². The van der Waals surface area contributed by atoms with Crippen LogP contribution in [-0.4, -0.2) is 68.5 Å². The van der Waals surface area contributed by atoms with Crippen molar-refractivity contribution in [2.75, 3.05) is 52.2 Å². The molecule has 1 aromatic carbocycles. The van der Waals surface area contributed by atoms with E-state index in [1.807, 2.05) is 0 Å². The van der Waals surface area contributed by atoms with Crippen LogP contribution in [0, 0.1) is 5.41 Å². The lowest BCUT2D eigenvalue weighted by Crippen LogP contribution is -2.42. The van der Waals surface area contributed by atoms with Gasteiger partial charge in [-0.1, -0.05) is 13.0 Å². The minimum atomic E-state index is -0.239. The second-order valence-corrected chi connectivity index (χ2v) is 7.01. The summed E-state index contributed by atoms with van der Waals surface area (Å²) in [6.45, 7) is 4.78. The molecule has 1 fully saturated rings. The maximum absolute atomic E-state index is 12.3. The van der Waals surface area contributed by atoms with E-state index < -0.39 is 0 Å². The van der Waals surface area contributed by atoms with Crippen molar-refractivity contribution in [1.29, 1.82) is 0 Å². The van der Waals surface area contributed by atoms with Crippen molar-refractivity contribution >= 4 is 29.9 Å². The summed E-state index contributed by atoms with van der Waals surface area (Å²) in [6, 6.07) is 7.11. The Balaban J connectivity index is 0.00000338. The first-order chi connectivity index (χ1) is 11.8. The predicted octanol–water partition coefficient (Wildman–Crippen LogP) is 1.18. The van der Waals surface area contributed by atoms with Gasteiger partial charge in [-0.25, -0.2) is 0 Å². The Morgan fingerprint density at radius 3 is 2.77 bits per heavy atom. The van der Waals surface area contributed by atoms with Gasteiger partial charge in [-0.2, -0.15) is 0 Å². The molecule has 0 spiro atoms. The number of methoxy groups -OCH3 is 1. The second-order valence-electron chi connectivity index (χ2n) is 7.01. The third-order valence-corrected chi connectivity index (χ3v) is 4.65. The van der Waals surface area contributed by atoms with Gasteiger partial charge in [0.15, 0.2) is 0 Å². The van der Waals surface area contributed by atoms with Crippen molar-refractivity contribution in [2.45, 2.75) is 13.3 Å². The number of rotatable bonds is 7. The molecule has 26 heavy (non-hydrogen) atoms. The summed E-state index contributed by atoms with van der Waals surface area (Å²) in [5.74, 6) is 0.360. The summed E-state index contributed by atoms with van der Waals surface area (Å²) >= 11 is 0. The van der Waals surface area contributed by atoms with Gasteiger partial charge < -0.3 is 20.7 Å². The van der Waals surface area contributed by atoms with Gasteiger partial charge in [0.25, 0.3) is 0 Å². The number of hydrogen-bond acceptors (Lipinski definition) is 5. The molecule has 146 valence electrons. The molecule has 2 rings (SSSR count). The molecular weight excluding hydrogens is 356 g/mol. The number of nitrogens with one attached hydrogen (secondary N) is 1. The van der Waals surface area contributed by atoms with E-state index >= 15 is 0 Å². The molecule has 1 aromatic rings. The van der Waals surface area contributed by atoms with E-state index in [9.17, 15) is 9.59 Å². The number of amides is 2. The number of hydrogen-bond donors (Lipinski definition) is 2. The van der Waals surface area contributed by atoms with Crippen LogP contribution in [0.4, 0.5) is 5.69 Å². The molecule has 7 nitrogen and oxygen atoms in total. The summed E-state index contributed by atoms with van der Waals surface area (Å²) in [5.41, 5.74) is 6.52. The fraction of sp³-hybridized carbons (Fsp3) is 0.556. The molecule has 1 unspecified atom stereocenters. The van der Waals surface area contributed by atoms with Gasteiger partial charge in [0.1, 0.15) is 5.75 Å². The lowest BCUT2D eigenvalue weighted by Gasteiger charge is -2.24. The van der Waals surface area contributed by atoms with E-state index in [2.05, 4.69) is 17.1 Å². The number of anilines is 1. The van der Waals surface area contributed by atoms with Gasteiger partial charge in [0.05, 0.1) is 20.2 Å². The van der Waals surface area contributed by atoms with E-state index in [-0.39, 0.29) is 36.2 Å². The second kappa shape index (κ2) is 9.75. The molecule has 1 aliphatic heterocycles. The fourth-order valence-corrected chi connectivity index (χ4v) is 2.94. The van der Waals surface area contributed by atoms with E-state index in [0.29, 0.717) is 24.5 Å². The molecule has 1 aliphatic rings. The smallest absolute Gasteiger partial charge is 0.243 e. The minimum absolute atomic E-state index is 0. The number of nitrogens with two attached hydrogens (primary N) is 1. The maximum atomic E-state index is 12.3. The molecule has 1 atom stereocenters. The Kier molecular flexibility index (Phi) is 8.33. The van der Waals surface area contributed by atoms with Crippen LogP contribution in [-0.2, 0) is 9.59 Å². The normalized spacial score (nSPS) is 19.5. The molecule has 0 aromatic heterocycles. The quantitative estimate of drug-likeness (QED) is 0.737. The highest BCUT2D eigenvalue weighted by molar-refractivity contribution is 5.94. The summed E-state index contributed by atoms with van der Waals surface area (Å²) in [5, 5.41) is 2.78. The summed E-state index contributed by atoms with van der Waals surface area (Å²) in [4.78, 5) is 28.0. The monoisotopic (exact) mass is 384 g/mol. The van der Waals surface area contributed by atoms with Gasteiger partial charge in [-0.3, -0.25) is 14.5 Å². The summed E-state index contributed by atoms with van der Waals surface area (Å²) in [7, 11) is 3.22. The van der Waals surface area contributed by atoms with Crippen LogP contribution in [0.3, 0.4) is 0 Å². The highest BCUT2D eigenvalue weighted by atomic mass is 35.5. The third-order valence-electron chi connectivity index (χ3n) is 4.65. The molecule has 1 saturated heterocycles. The van der Waals surface area contributed by atoms with Crippen molar-refractivity contribution in [2.24, 2.45) is 11.1 Å². The van der Waals surface area contributed by atoms with Gasteiger partial charge in [0.2, 0.25) is 11.8 Å². The standard InChI is InChI=1S/C18H28N4O3.ClH/c1-18(12-19)7-8-22(13-18)11-17(24)21(2)10-16(23)20-14-5-4-6-15(9-14)25-3;/h4-6,9H,7-8,10-13,19H2,1-3H3,(H,20,23);1H. The topological polar surface area (TPSA) is 87.9 Å². The third kappa shape index (κ3) is 6.16. The number of halogens is 1. The van der Waals surface area contributed by atoms with Gasteiger partial charge >= 0.3 is 0 Å². The first kappa shape index (κ1) is 22.2. The minimum Gasteiger partial charge on any atom is -0.497 e.